The van der Waals surface area contributed by atoms with Crippen LogP contribution in [0.1, 0.15) is 32.3 Å². The molecule has 1 aliphatic carbocycles. The zero-order chi connectivity index (χ0) is 14.8. The van der Waals surface area contributed by atoms with Crippen LogP contribution >= 0.6 is 0 Å². The van der Waals surface area contributed by atoms with E-state index in [2.05, 4.69) is 5.32 Å². The van der Waals surface area contributed by atoms with Crippen LogP contribution in [-0.2, 0) is 9.53 Å². The highest BCUT2D eigenvalue weighted by atomic mass is 16.5. The van der Waals surface area contributed by atoms with Gasteiger partial charge >= 0.3 is 0 Å². The van der Waals surface area contributed by atoms with Crippen LogP contribution in [0.2, 0.25) is 0 Å². The van der Waals surface area contributed by atoms with Crippen molar-refractivity contribution in [2.45, 2.75) is 39.2 Å². The summed E-state index contributed by atoms with van der Waals surface area (Å²) in [5.74, 6) is 1.10. The monoisotopic (exact) mass is 277 g/mol. The van der Waals surface area contributed by atoms with Gasteiger partial charge in [0.15, 0.2) is 0 Å². The van der Waals surface area contributed by atoms with Gasteiger partial charge in [-0.25, -0.2) is 0 Å². The number of carbonyl (C=O) groups is 1. The summed E-state index contributed by atoms with van der Waals surface area (Å²) < 4.78 is 10.9. The van der Waals surface area contributed by atoms with Crippen molar-refractivity contribution in [1.82, 2.24) is 0 Å². The van der Waals surface area contributed by atoms with Crippen LogP contribution < -0.4 is 10.1 Å². The maximum Gasteiger partial charge on any atom is 0.256 e. The van der Waals surface area contributed by atoms with Crippen molar-refractivity contribution in [2.24, 2.45) is 5.92 Å². The minimum atomic E-state index is -0.730. The highest BCUT2D eigenvalue weighted by molar-refractivity contribution is 5.97. The summed E-state index contributed by atoms with van der Waals surface area (Å²) in [6, 6.07) is 5.67. The largest absolute Gasteiger partial charge is 0.494 e. The molecule has 1 atom stereocenters. The number of carbonyl (C=O) groups excluding carboxylic acids is 1. The first-order valence-electron chi connectivity index (χ1n) is 7.11. The first-order valence-corrected chi connectivity index (χ1v) is 7.11. The van der Waals surface area contributed by atoms with Crippen LogP contribution in [-0.4, -0.2) is 25.2 Å². The topological polar surface area (TPSA) is 47.6 Å². The first-order chi connectivity index (χ1) is 9.51. The van der Waals surface area contributed by atoms with Crippen LogP contribution in [0, 0.1) is 12.8 Å². The van der Waals surface area contributed by atoms with E-state index in [0.717, 1.165) is 29.8 Å². The number of hydrogen-bond acceptors (Lipinski definition) is 3. The van der Waals surface area contributed by atoms with Crippen molar-refractivity contribution < 1.29 is 14.3 Å². The van der Waals surface area contributed by atoms with Crippen molar-refractivity contribution in [3.8, 4) is 5.75 Å². The van der Waals surface area contributed by atoms with Gasteiger partial charge in [0.2, 0.25) is 0 Å². The number of rotatable bonds is 6. The molecule has 0 spiro atoms. The Kier molecular flexibility index (Phi) is 4.33. The molecule has 1 aliphatic rings. The molecule has 1 fully saturated rings. The highest BCUT2D eigenvalue weighted by Gasteiger charge is 2.47. The number of hydrogen-bond donors (Lipinski definition) is 1. The molecule has 20 heavy (non-hydrogen) atoms. The van der Waals surface area contributed by atoms with Gasteiger partial charge in [0, 0.05) is 12.8 Å². The number of nitrogens with one attached hydrogen (secondary N) is 1. The molecule has 1 amide bonds. The van der Waals surface area contributed by atoms with Crippen LogP contribution in [0.3, 0.4) is 0 Å². The van der Waals surface area contributed by atoms with Crippen molar-refractivity contribution in [2.75, 3.05) is 19.0 Å². The number of methoxy groups -OCH3 is 1. The van der Waals surface area contributed by atoms with E-state index in [0.29, 0.717) is 12.5 Å². The third kappa shape index (κ3) is 2.96. The molecule has 2 rings (SSSR count). The Balaban J connectivity index is 2.09. The molecule has 1 N–H and O–H groups in total. The molecule has 0 radical (unpaired) electrons. The second-order valence-corrected chi connectivity index (χ2v) is 5.45. The second kappa shape index (κ2) is 5.83. The lowest BCUT2D eigenvalue weighted by Gasteiger charge is -2.26. The summed E-state index contributed by atoms with van der Waals surface area (Å²) in [4.78, 5) is 12.4. The van der Waals surface area contributed by atoms with Gasteiger partial charge in [0.05, 0.1) is 6.61 Å². The van der Waals surface area contributed by atoms with Gasteiger partial charge in [-0.3, -0.25) is 4.79 Å². The molecular weight excluding hydrogens is 254 g/mol. The Morgan fingerprint density at radius 3 is 2.65 bits per heavy atom. The van der Waals surface area contributed by atoms with E-state index in [1.54, 1.807) is 7.11 Å². The summed E-state index contributed by atoms with van der Waals surface area (Å²) in [6.45, 7) is 6.42. The highest BCUT2D eigenvalue weighted by Crippen LogP contribution is 2.42. The summed E-state index contributed by atoms with van der Waals surface area (Å²) in [5.41, 5.74) is 1.06. The van der Waals surface area contributed by atoms with Gasteiger partial charge in [0.25, 0.3) is 5.91 Å². The molecule has 0 unspecified atom stereocenters. The molecule has 4 heteroatoms. The maximum atomic E-state index is 12.4. The lowest BCUT2D eigenvalue weighted by atomic mass is 9.99. The van der Waals surface area contributed by atoms with Crippen molar-refractivity contribution in [3.63, 3.8) is 0 Å². The van der Waals surface area contributed by atoms with Gasteiger partial charge in [-0.2, -0.15) is 0 Å². The number of ether oxygens (including phenoxy) is 2. The van der Waals surface area contributed by atoms with E-state index in [4.69, 9.17) is 9.47 Å². The molecular formula is C16H23NO3. The molecule has 1 aromatic carbocycles. The van der Waals surface area contributed by atoms with Crippen molar-refractivity contribution in [3.05, 3.63) is 23.8 Å². The number of anilines is 1. The minimum absolute atomic E-state index is 0.0777. The molecule has 4 nitrogen and oxygen atoms in total. The van der Waals surface area contributed by atoms with Gasteiger partial charge in [-0.05, 0) is 63.3 Å². The number of benzene rings is 1. The quantitative estimate of drug-likeness (QED) is 0.869. The SMILES string of the molecule is CCOc1ccc(NC(=O)[C@@](C)(OC)C2CC2)cc1C. The van der Waals surface area contributed by atoms with Crippen LogP contribution in [0.25, 0.3) is 0 Å². The van der Waals surface area contributed by atoms with Crippen LogP contribution in [0.4, 0.5) is 5.69 Å². The predicted molar refractivity (Wildman–Crippen MR) is 79.1 cm³/mol. The standard InChI is InChI=1S/C16H23NO3/c1-5-20-14-9-8-13(10-11(14)2)17-15(18)16(3,19-4)12-6-7-12/h8-10,12H,5-7H2,1-4H3,(H,17,18)/t16-/m0/s1. The van der Waals surface area contributed by atoms with E-state index in [1.807, 2.05) is 39.0 Å². The van der Waals surface area contributed by atoms with E-state index >= 15 is 0 Å². The lowest BCUT2D eigenvalue weighted by molar-refractivity contribution is -0.138. The Morgan fingerprint density at radius 2 is 2.15 bits per heavy atom. The Bertz CT molecular complexity index is 496. The average Bonchev–Trinajstić information content (AvgIpc) is 3.25. The zero-order valence-electron chi connectivity index (χ0n) is 12.7. The fourth-order valence-electron chi connectivity index (χ4n) is 2.38. The Morgan fingerprint density at radius 1 is 1.45 bits per heavy atom. The summed E-state index contributed by atoms with van der Waals surface area (Å²) in [6.07, 6.45) is 2.11. The molecule has 0 aromatic heterocycles. The maximum absolute atomic E-state index is 12.4. The molecule has 0 aliphatic heterocycles. The van der Waals surface area contributed by atoms with Crippen LogP contribution in [0.15, 0.2) is 18.2 Å². The number of amides is 1. The predicted octanol–water partition coefficient (Wildman–Crippen LogP) is 3.15. The molecule has 1 saturated carbocycles. The van der Waals surface area contributed by atoms with Gasteiger partial charge in [-0.1, -0.05) is 0 Å². The fourth-order valence-corrected chi connectivity index (χ4v) is 2.38. The Hall–Kier alpha value is -1.55. The molecule has 1 aromatic rings. The van der Waals surface area contributed by atoms with E-state index in [1.165, 1.54) is 0 Å². The average molecular weight is 277 g/mol. The summed E-state index contributed by atoms with van der Waals surface area (Å²) in [7, 11) is 1.60. The normalized spacial score (nSPS) is 17.4. The number of aryl methyl sites for hydroxylation is 1. The van der Waals surface area contributed by atoms with Gasteiger partial charge < -0.3 is 14.8 Å². The second-order valence-electron chi connectivity index (χ2n) is 5.45. The lowest BCUT2D eigenvalue weighted by Crippen LogP contribution is -2.44. The van der Waals surface area contributed by atoms with E-state index < -0.39 is 5.60 Å². The summed E-state index contributed by atoms with van der Waals surface area (Å²) in [5, 5.41) is 2.95. The fraction of sp³-hybridized carbons (Fsp3) is 0.562. The van der Waals surface area contributed by atoms with Crippen LogP contribution in [0.5, 0.6) is 5.75 Å². The minimum Gasteiger partial charge on any atom is -0.494 e. The van der Waals surface area contributed by atoms with Gasteiger partial charge in [0.1, 0.15) is 11.4 Å². The smallest absolute Gasteiger partial charge is 0.256 e. The zero-order valence-corrected chi connectivity index (χ0v) is 12.7. The van der Waals surface area contributed by atoms with Gasteiger partial charge in [-0.15, -0.1) is 0 Å². The van der Waals surface area contributed by atoms with E-state index in [9.17, 15) is 4.79 Å². The Labute approximate surface area is 120 Å². The molecule has 0 saturated heterocycles. The van der Waals surface area contributed by atoms with Crippen molar-refractivity contribution in [1.29, 1.82) is 0 Å². The summed E-state index contributed by atoms with van der Waals surface area (Å²) >= 11 is 0. The third-order valence-corrected chi connectivity index (χ3v) is 3.96. The van der Waals surface area contributed by atoms with Crippen molar-refractivity contribution >= 4 is 11.6 Å². The molecule has 0 heterocycles. The first kappa shape index (κ1) is 14.9. The van der Waals surface area contributed by atoms with E-state index in [-0.39, 0.29) is 5.91 Å². The molecule has 110 valence electrons. The molecule has 0 bridgehead atoms. The third-order valence-electron chi connectivity index (χ3n) is 3.96.